The molecule has 0 saturated carbocycles. The van der Waals surface area contributed by atoms with Crippen LogP contribution in [0.3, 0.4) is 0 Å². The molecule has 134 valence electrons. The van der Waals surface area contributed by atoms with Gasteiger partial charge in [0.2, 0.25) is 5.91 Å². The number of nitrogens with zero attached hydrogens (tertiary/aromatic N) is 3. The van der Waals surface area contributed by atoms with Crippen molar-refractivity contribution in [1.82, 2.24) is 20.1 Å². The summed E-state index contributed by atoms with van der Waals surface area (Å²) in [6.45, 7) is 3.08. The molecule has 2 aromatic rings. The van der Waals surface area contributed by atoms with E-state index in [1.807, 2.05) is 11.5 Å². The minimum absolute atomic E-state index is 0.159. The maximum atomic E-state index is 12.1. The summed E-state index contributed by atoms with van der Waals surface area (Å²) in [4.78, 5) is 23.0. The van der Waals surface area contributed by atoms with E-state index in [1.54, 1.807) is 31.4 Å². The lowest BCUT2D eigenvalue weighted by molar-refractivity contribution is -0.115. The summed E-state index contributed by atoms with van der Waals surface area (Å²) in [5, 5.41) is 11.7. The third kappa shape index (κ3) is 5.21. The van der Waals surface area contributed by atoms with Crippen molar-refractivity contribution in [2.45, 2.75) is 25.0 Å². The number of amides is 2. The van der Waals surface area contributed by atoms with Crippen LogP contribution in [0.1, 0.15) is 23.1 Å². The summed E-state index contributed by atoms with van der Waals surface area (Å²) in [6, 6.07) is 6.90. The number of hydrogen-bond acceptors (Lipinski definition) is 6. The maximum absolute atomic E-state index is 12.1. The highest BCUT2D eigenvalue weighted by Crippen LogP contribution is 2.16. The van der Waals surface area contributed by atoms with Crippen LogP contribution in [0.5, 0.6) is 5.75 Å². The van der Waals surface area contributed by atoms with Crippen LogP contribution < -0.4 is 15.8 Å². The van der Waals surface area contributed by atoms with Crippen LogP contribution >= 0.6 is 11.8 Å². The van der Waals surface area contributed by atoms with E-state index in [-0.39, 0.29) is 11.7 Å². The minimum Gasteiger partial charge on any atom is -0.497 e. The van der Waals surface area contributed by atoms with Gasteiger partial charge in [0.25, 0.3) is 5.91 Å². The van der Waals surface area contributed by atoms with Crippen LogP contribution in [0.4, 0.5) is 0 Å². The van der Waals surface area contributed by atoms with Crippen molar-refractivity contribution in [3.8, 4) is 5.75 Å². The van der Waals surface area contributed by atoms with Gasteiger partial charge in [-0.3, -0.25) is 9.59 Å². The Labute approximate surface area is 150 Å². The molecular weight excluding hydrogens is 342 g/mol. The molecule has 1 heterocycles. The Morgan fingerprint density at radius 2 is 2.00 bits per heavy atom. The number of aromatic nitrogens is 3. The topological polar surface area (TPSA) is 112 Å². The molecule has 0 aliphatic heterocycles. The SMILES string of the molecule is CCn1c(CCNC(=O)c2ccc(OC)cc2)nnc1SCC(N)=O. The van der Waals surface area contributed by atoms with Crippen molar-refractivity contribution in [3.05, 3.63) is 35.7 Å². The molecule has 0 atom stereocenters. The second-order valence-electron chi connectivity index (χ2n) is 5.13. The van der Waals surface area contributed by atoms with Gasteiger partial charge >= 0.3 is 0 Å². The van der Waals surface area contributed by atoms with E-state index in [4.69, 9.17) is 10.5 Å². The number of rotatable bonds is 9. The zero-order valence-corrected chi connectivity index (χ0v) is 15.0. The van der Waals surface area contributed by atoms with Crippen LogP contribution in [0, 0.1) is 0 Å². The van der Waals surface area contributed by atoms with Crippen molar-refractivity contribution in [2.24, 2.45) is 5.73 Å². The van der Waals surface area contributed by atoms with Crippen LogP contribution in [0.25, 0.3) is 0 Å². The molecule has 1 aromatic heterocycles. The van der Waals surface area contributed by atoms with E-state index in [0.717, 1.165) is 5.82 Å². The number of primary amides is 1. The first-order chi connectivity index (χ1) is 12.0. The quantitative estimate of drug-likeness (QED) is 0.639. The molecule has 0 spiro atoms. The van der Waals surface area contributed by atoms with Crippen molar-refractivity contribution in [1.29, 1.82) is 0 Å². The maximum Gasteiger partial charge on any atom is 0.251 e. The molecule has 2 rings (SSSR count). The van der Waals surface area contributed by atoms with E-state index in [0.29, 0.717) is 36.0 Å². The monoisotopic (exact) mass is 363 g/mol. The number of ether oxygens (including phenoxy) is 1. The van der Waals surface area contributed by atoms with Crippen molar-refractivity contribution in [2.75, 3.05) is 19.4 Å². The summed E-state index contributed by atoms with van der Waals surface area (Å²) in [7, 11) is 1.58. The highest BCUT2D eigenvalue weighted by molar-refractivity contribution is 7.99. The average molecular weight is 363 g/mol. The normalized spacial score (nSPS) is 10.5. The highest BCUT2D eigenvalue weighted by Gasteiger charge is 2.13. The van der Waals surface area contributed by atoms with E-state index in [9.17, 15) is 9.59 Å². The van der Waals surface area contributed by atoms with Gasteiger partial charge in [0.1, 0.15) is 11.6 Å². The predicted octanol–water partition coefficient (Wildman–Crippen LogP) is 0.856. The van der Waals surface area contributed by atoms with Gasteiger partial charge in [-0.05, 0) is 31.2 Å². The number of methoxy groups -OCH3 is 1. The van der Waals surface area contributed by atoms with E-state index in [2.05, 4.69) is 15.5 Å². The predicted molar refractivity (Wildman–Crippen MR) is 94.6 cm³/mol. The van der Waals surface area contributed by atoms with Gasteiger partial charge in [0.05, 0.1) is 12.9 Å². The molecular formula is C16H21N5O3S. The summed E-state index contributed by atoms with van der Waals surface area (Å²) < 4.78 is 6.98. The Morgan fingerprint density at radius 3 is 2.60 bits per heavy atom. The van der Waals surface area contributed by atoms with Gasteiger partial charge < -0.3 is 20.4 Å². The van der Waals surface area contributed by atoms with Crippen LogP contribution in [-0.2, 0) is 17.8 Å². The summed E-state index contributed by atoms with van der Waals surface area (Å²) in [6.07, 6.45) is 0.542. The number of carbonyl (C=O) groups is 2. The second-order valence-corrected chi connectivity index (χ2v) is 6.07. The second kappa shape index (κ2) is 9.07. The Bertz CT molecular complexity index is 730. The molecule has 25 heavy (non-hydrogen) atoms. The van der Waals surface area contributed by atoms with Crippen LogP contribution in [0.15, 0.2) is 29.4 Å². The Kier molecular flexibility index (Phi) is 6.81. The van der Waals surface area contributed by atoms with Crippen LogP contribution in [-0.4, -0.2) is 46.0 Å². The summed E-state index contributed by atoms with van der Waals surface area (Å²) in [5.74, 6) is 1.06. The van der Waals surface area contributed by atoms with Gasteiger partial charge in [-0.25, -0.2) is 0 Å². The number of benzene rings is 1. The fourth-order valence-corrected chi connectivity index (χ4v) is 2.96. The number of thioether (sulfide) groups is 1. The molecule has 1 aromatic carbocycles. The molecule has 0 bridgehead atoms. The first-order valence-electron chi connectivity index (χ1n) is 7.80. The molecule has 3 N–H and O–H groups in total. The van der Waals surface area contributed by atoms with E-state index >= 15 is 0 Å². The summed E-state index contributed by atoms with van der Waals surface area (Å²) >= 11 is 1.26. The van der Waals surface area contributed by atoms with Crippen LogP contribution in [0.2, 0.25) is 0 Å². The largest absolute Gasteiger partial charge is 0.497 e. The van der Waals surface area contributed by atoms with Gasteiger partial charge in [0.15, 0.2) is 5.16 Å². The lowest BCUT2D eigenvalue weighted by Gasteiger charge is -2.08. The smallest absolute Gasteiger partial charge is 0.251 e. The van der Waals surface area contributed by atoms with E-state index in [1.165, 1.54) is 11.8 Å². The Balaban J connectivity index is 1.90. The molecule has 2 amide bonds. The first-order valence-corrected chi connectivity index (χ1v) is 8.79. The standard InChI is InChI=1S/C16H21N5O3S/c1-3-21-14(19-20-16(21)25-10-13(17)22)8-9-18-15(23)11-4-6-12(24-2)7-5-11/h4-7H,3,8-10H2,1-2H3,(H2,17,22)(H,18,23). The third-order valence-electron chi connectivity index (χ3n) is 3.44. The molecule has 0 unspecified atom stereocenters. The fraction of sp³-hybridized carbons (Fsp3) is 0.375. The first kappa shape index (κ1) is 18.8. The highest BCUT2D eigenvalue weighted by atomic mass is 32.2. The number of carbonyl (C=O) groups excluding carboxylic acids is 2. The van der Waals surface area contributed by atoms with Gasteiger partial charge in [-0.15, -0.1) is 10.2 Å². The fourth-order valence-electron chi connectivity index (χ4n) is 2.20. The lowest BCUT2D eigenvalue weighted by atomic mass is 10.2. The van der Waals surface area contributed by atoms with Crippen molar-refractivity contribution < 1.29 is 14.3 Å². The molecule has 8 nitrogen and oxygen atoms in total. The number of nitrogens with one attached hydrogen (secondary N) is 1. The lowest BCUT2D eigenvalue weighted by Crippen LogP contribution is -2.26. The molecule has 9 heteroatoms. The van der Waals surface area contributed by atoms with E-state index < -0.39 is 5.91 Å². The zero-order chi connectivity index (χ0) is 18.2. The molecule has 0 radical (unpaired) electrons. The molecule has 0 aliphatic rings. The van der Waals surface area contributed by atoms with Gasteiger partial charge in [-0.1, -0.05) is 11.8 Å². The van der Waals surface area contributed by atoms with Crippen molar-refractivity contribution in [3.63, 3.8) is 0 Å². The zero-order valence-electron chi connectivity index (χ0n) is 14.2. The molecule has 0 fully saturated rings. The minimum atomic E-state index is -0.399. The summed E-state index contributed by atoms with van der Waals surface area (Å²) in [5.41, 5.74) is 5.72. The Hall–Kier alpha value is -2.55. The number of hydrogen-bond donors (Lipinski definition) is 2. The van der Waals surface area contributed by atoms with Gasteiger partial charge in [-0.2, -0.15) is 0 Å². The van der Waals surface area contributed by atoms with Gasteiger partial charge in [0, 0.05) is 25.1 Å². The average Bonchev–Trinajstić information content (AvgIpc) is 3.01. The third-order valence-corrected chi connectivity index (χ3v) is 4.43. The van der Waals surface area contributed by atoms with Crippen molar-refractivity contribution >= 4 is 23.6 Å². The molecule has 0 saturated heterocycles. The molecule has 0 aliphatic carbocycles. The Morgan fingerprint density at radius 1 is 1.28 bits per heavy atom. The number of nitrogens with two attached hydrogens (primary N) is 1.